The van der Waals surface area contributed by atoms with E-state index in [9.17, 15) is 4.79 Å². The smallest absolute Gasteiger partial charge is 0.319 e. The maximum atomic E-state index is 12.0. The number of benzene rings is 1. The predicted octanol–water partition coefficient (Wildman–Crippen LogP) is 2.88. The van der Waals surface area contributed by atoms with Gasteiger partial charge in [0.05, 0.1) is 5.54 Å². The summed E-state index contributed by atoms with van der Waals surface area (Å²) in [4.78, 5) is 12.0. The summed E-state index contributed by atoms with van der Waals surface area (Å²) in [6.45, 7) is 8.65. The van der Waals surface area contributed by atoms with Crippen molar-refractivity contribution in [1.29, 1.82) is 0 Å². The first kappa shape index (κ1) is 15.5. The summed E-state index contributed by atoms with van der Waals surface area (Å²) in [5.41, 5.74) is 7.35. The van der Waals surface area contributed by atoms with Crippen LogP contribution in [-0.4, -0.2) is 18.1 Å². The van der Waals surface area contributed by atoms with Gasteiger partial charge in [0.25, 0.3) is 0 Å². The standard InChI is InChI=1S/C15H25N3O/c1-11(2)9-15(4,10-16)18-14(19)17-13-7-5-12(3)6-8-13/h5-8,11H,9-10,16H2,1-4H3,(H2,17,18,19). The predicted molar refractivity (Wildman–Crippen MR) is 80.2 cm³/mol. The maximum absolute atomic E-state index is 12.0. The molecule has 0 aromatic heterocycles. The first-order chi connectivity index (χ1) is 8.84. The van der Waals surface area contributed by atoms with Crippen LogP contribution in [0.15, 0.2) is 24.3 Å². The third kappa shape index (κ3) is 5.30. The number of rotatable bonds is 5. The average molecular weight is 263 g/mol. The van der Waals surface area contributed by atoms with E-state index >= 15 is 0 Å². The third-order valence-electron chi connectivity index (χ3n) is 3.03. The Morgan fingerprint density at radius 3 is 2.37 bits per heavy atom. The van der Waals surface area contributed by atoms with Crippen molar-refractivity contribution in [2.45, 2.75) is 39.7 Å². The van der Waals surface area contributed by atoms with E-state index in [4.69, 9.17) is 5.73 Å². The number of carbonyl (C=O) groups excluding carboxylic acids is 1. The molecule has 0 heterocycles. The van der Waals surface area contributed by atoms with Crippen molar-refractivity contribution in [1.82, 2.24) is 5.32 Å². The SMILES string of the molecule is Cc1ccc(NC(=O)NC(C)(CN)CC(C)C)cc1. The Kier molecular flexibility index (Phi) is 5.36. The van der Waals surface area contributed by atoms with Gasteiger partial charge in [-0.2, -0.15) is 0 Å². The molecule has 0 radical (unpaired) electrons. The number of nitrogens with one attached hydrogen (secondary N) is 2. The van der Waals surface area contributed by atoms with Gasteiger partial charge in [0.1, 0.15) is 0 Å². The Morgan fingerprint density at radius 1 is 1.32 bits per heavy atom. The van der Waals surface area contributed by atoms with Gasteiger partial charge in [-0.15, -0.1) is 0 Å². The molecule has 0 saturated carbocycles. The summed E-state index contributed by atoms with van der Waals surface area (Å²) in [6, 6.07) is 7.49. The molecule has 4 nitrogen and oxygen atoms in total. The fraction of sp³-hybridized carbons (Fsp3) is 0.533. The van der Waals surface area contributed by atoms with Crippen molar-refractivity contribution in [2.75, 3.05) is 11.9 Å². The van der Waals surface area contributed by atoms with E-state index in [1.54, 1.807) is 0 Å². The fourth-order valence-electron chi connectivity index (χ4n) is 2.16. The molecule has 0 aliphatic heterocycles. The number of urea groups is 1. The summed E-state index contributed by atoms with van der Waals surface area (Å²) >= 11 is 0. The zero-order valence-electron chi connectivity index (χ0n) is 12.3. The minimum absolute atomic E-state index is 0.211. The molecule has 0 aliphatic carbocycles. The van der Waals surface area contributed by atoms with Crippen LogP contribution in [0.25, 0.3) is 0 Å². The number of nitrogens with two attached hydrogens (primary N) is 1. The number of carbonyl (C=O) groups is 1. The highest BCUT2D eigenvalue weighted by atomic mass is 16.2. The molecular weight excluding hydrogens is 238 g/mol. The molecule has 106 valence electrons. The van der Waals surface area contributed by atoms with Gasteiger partial charge in [0, 0.05) is 12.2 Å². The summed E-state index contributed by atoms with van der Waals surface area (Å²) in [5.74, 6) is 0.480. The molecule has 1 atom stereocenters. The molecule has 0 aliphatic rings. The average Bonchev–Trinajstić information content (AvgIpc) is 2.31. The number of aryl methyl sites for hydroxylation is 1. The van der Waals surface area contributed by atoms with Gasteiger partial charge in [0.15, 0.2) is 0 Å². The van der Waals surface area contributed by atoms with E-state index < -0.39 is 0 Å². The molecule has 0 bridgehead atoms. The Bertz CT molecular complexity index is 414. The second-order valence-electron chi connectivity index (χ2n) is 5.81. The van der Waals surface area contributed by atoms with E-state index in [1.165, 1.54) is 0 Å². The van der Waals surface area contributed by atoms with Crippen molar-refractivity contribution in [3.05, 3.63) is 29.8 Å². The van der Waals surface area contributed by atoms with Crippen LogP contribution < -0.4 is 16.4 Å². The van der Waals surface area contributed by atoms with Crippen LogP contribution in [0.5, 0.6) is 0 Å². The number of hydrogen-bond donors (Lipinski definition) is 3. The molecule has 19 heavy (non-hydrogen) atoms. The molecule has 4 N–H and O–H groups in total. The second kappa shape index (κ2) is 6.57. The zero-order valence-corrected chi connectivity index (χ0v) is 12.3. The monoisotopic (exact) mass is 263 g/mol. The van der Waals surface area contributed by atoms with Gasteiger partial charge < -0.3 is 16.4 Å². The second-order valence-corrected chi connectivity index (χ2v) is 5.81. The van der Waals surface area contributed by atoms with Crippen LogP contribution in [0.4, 0.5) is 10.5 Å². The van der Waals surface area contributed by atoms with Crippen LogP contribution in [0.3, 0.4) is 0 Å². The van der Waals surface area contributed by atoms with E-state index in [0.717, 1.165) is 17.7 Å². The van der Waals surface area contributed by atoms with Crippen molar-refractivity contribution >= 4 is 11.7 Å². The van der Waals surface area contributed by atoms with Gasteiger partial charge in [-0.1, -0.05) is 31.5 Å². The highest BCUT2D eigenvalue weighted by Crippen LogP contribution is 2.16. The number of amides is 2. The van der Waals surface area contributed by atoms with Crippen molar-refractivity contribution in [3.63, 3.8) is 0 Å². The van der Waals surface area contributed by atoms with Gasteiger partial charge in [-0.05, 0) is 38.3 Å². The summed E-state index contributed by atoms with van der Waals surface area (Å²) in [5, 5.41) is 5.79. The first-order valence-corrected chi connectivity index (χ1v) is 6.70. The van der Waals surface area contributed by atoms with E-state index in [-0.39, 0.29) is 11.6 Å². The molecule has 4 heteroatoms. The Labute approximate surface area is 115 Å². The van der Waals surface area contributed by atoms with Crippen molar-refractivity contribution in [2.24, 2.45) is 11.7 Å². The zero-order chi connectivity index (χ0) is 14.5. The topological polar surface area (TPSA) is 67.2 Å². The molecule has 0 fully saturated rings. The lowest BCUT2D eigenvalue weighted by Gasteiger charge is -2.31. The molecular formula is C15H25N3O. The van der Waals surface area contributed by atoms with Gasteiger partial charge >= 0.3 is 6.03 Å². The third-order valence-corrected chi connectivity index (χ3v) is 3.03. The van der Waals surface area contributed by atoms with Crippen LogP contribution >= 0.6 is 0 Å². The lowest BCUT2D eigenvalue weighted by atomic mass is 9.91. The van der Waals surface area contributed by atoms with Crippen molar-refractivity contribution in [3.8, 4) is 0 Å². The van der Waals surface area contributed by atoms with Gasteiger partial charge in [-0.25, -0.2) is 4.79 Å². The lowest BCUT2D eigenvalue weighted by Crippen LogP contribution is -2.53. The Morgan fingerprint density at radius 2 is 1.89 bits per heavy atom. The number of hydrogen-bond acceptors (Lipinski definition) is 2. The molecule has 0 spiro atoms. The van der Waals surface area contributed by atoms with E-state index in [1.807, 2.05) is 38.1 Å². The molecule has 1 rings (SSSR count). The molecule has 2 amide bonds. The summed E-state index contributed by atoms with van der Waals surface area (Å²) < 4.78 is 0. The fourth-order valence-corrected chi connectivity index (χ4v) is 2.16. The maximum Gasteiger partial charge on any atom is 0.319 e. The molecule has 1 aromatic rings. The Balaban J connectivity index is 2.60. The van der Waals surface area contributed by atoms with Crippen LogP contribution in [-0.2, 0) is 0 Å². The minimum Gasteiger partial charge on any atom is -0.331 e. The van der Waals surface area contributed by atoms with Crippen molar-refractivity contribution < 1.29 is 4.79 Å². The highest BCUT2D eigenvalue weighted by molar-refractivity contribution is 5.89. The minimum atomic E-state index is -0.372. The van der Waals surface area contributed by atoms with Gasteiger partial charge in [-0.3, -0.25) is 0 Å². The first-order valence-electron chi connectivity index (χ1n) is 6.70. The van der Waals surface area contributed by atoms with Crippen LogP contribution in [0.1, 0.15) is 32.8 Å². The normalized spacial score (nSPS) is 14.0. The van der Waals surface area contributed by atoms with E-state index in [2.05, 4.69) is 24.5 Å². The largest absolute Gasteiger partial charge is 0.331 e. The number of anilines is 1. The summed E-state index contributed by atoms with van der Waals surface area (Å²) in [6.07, 6.45) is 0.852. The molecule has 1 unspecified atom stereocenters. The van der Waals surface area contributed by atoms with Gasteiger partial charge in [0.2, 0.25) is 0 Å². The Hall–Kier alpha value is -1.55. The van der Waals surface area contributed by atoms with E-state index in [0.29, 0.717) is 12.5 Å². The van der Waals surface area contributed by atoms with Crippen LogP contribution in [0.2, 0.25) is 0 Å². The quantitative estimate of drug-likeness (QED) is 0.764. The summed E-state index contributed by atoms with van der Waals surface area (Å²) in [7, 11) is 0. The van der Waals surface area contributed by atoms with Crippen LogP contribution in [0, 0.1) is 12.8 Å². The lowest BCUT2D eigenvalue weighted by molar-refractivity contribution is 0.233. The molecule has 1 aromatic carbocycles. The highest BCUT2D eigenvalue weighted by Gasteiger charge is 2.25. The molecule has 0 saturated heterocycles.